The molecule has 0 bridgehead atoms. The molecule has 1 saturated heterocycles. The molecule has 1 unspecified atom stereocenters. The zero-order chi connectivity index (χ0) is 27.9. The Balaban J connectivity index is 1.62. The lowest BCUT2D eigenvalue weighted by Gasteiger charge is -2.47. The van der Waals surface area contributed by atoms with Crippen molar-refractivity contribution in [3.63, 3.8) is 0 Å². The Hall–Kier alpha value is -3.68. The summed E-state index contributed by atoms with van der Waals surface area (Å²) >= 11 is 0. The summed E-state index contributed by atoms with van der Waals surface area (Å²) in [6.45, 7) is 9.03. The van der Waals surface area contributed by atoms with Crippen LogP contribution in [0.15, 0.2) is 78.9 Å². The fraction of sp³-hybridized carbons (Fsp3) is 0.375. The van der Waals surface area contributed by atoms with Crippen molar-refractivity contribution in [2.45, 2.75) is 45.4 Å². The number of esters is 1. The molecule has 0 saturated carbocycles. The van der Waals surface area contributed by atoms with Gasteiger partial charge in [-0.05, 0) is 61.7 Å². The van der Waals surface area contributed by atoms with Crippen molar-refractivity contribution in [3.05, 3.63) is 101 Å². The molecule has 1 aliphatic heterocycles. The van der Waals surface area contributed by atoms with Crippen LogP contribution in [0.4, 0.5) is 0 Å². The van der Waals surface area contributed by atoms with Crippen LogP contribution in [0.1, 0.15) is 53.9 Å². The predicted molar refractivity (Wildman–Crippen MR) is 152 cm³/mol. The highest BCUT2D eigenvalue weighted by atomic mass is 16.5. The maximum absolute atomic E-state index is 13.2. The number of carbonyl (C=O) groups is 2. The minimum Gasteiger partial charge on any atom is -0.508 e. The van der Waals surface area contributed by atoms with Gasteiger partial charge in [0, 0.05) is 44.3 Å². The van der Waals surface area contributed by atoms with Crippen molar-refractivity contribution in [3.8, 4) is 5.75 Å². The zero-order valence-corrected chi connectivity index (χ0v) is 23.3. The van der Waals surface area contributed by atoms with Gasteiger partial charge in [0.2, 0.25) is 0 Å². The smallest absolute Gasteiger partial charge is 0.325 e. The van der Waals surface area contributed by atoms with Crippen molar-refractivity contribution in [1.82, 2.24) is 14.7 Å². The van der Waals surface area contributed by atoms with E-state index in [2.05, 4.69) is 47.9 Å². The van der Waals surface area contributed by atoms with Crippen molar-refractivity contribution in [1.29, 1.82) is 0 Å². The summed E-state index contributed by atoms with van der Waals surface area (Å²) < 4.78 is 5.01. The number of carbonyl (C=O) groups excluding carboxylic acids is 2. The van der Waals surface area contributed by atoms with E-state index in [-0.39, 0.29) is 36.9 Å². The fourth-order valence-corrected chi connectivity index (χ4v) is 5.43. The Bertz CT molecular complexity index is 1270. The highest BCUT2D eigenvalue weighted by Gasteiger charge is 2.35. The molecule has 1 aliphatic rings. The number of likely N-dealkylation sites (N-methyl/N-ethyl adjacent to an activating group) is 1. The summed E-state index contributed by atoms with van der Waals surface area (Å²) in [4.78, 5) is 31.5. The van der Waals surface area contributed by atoms with Gasteiger partial charge in [0.25, 0.3) is 5.91 Å². The van der Waals surface area contributed by atoms with Crippen LogP contribution in [0.5, 0.6) is 5.75 Å². The highest BCUT2D eigenvalue weighted by molar-refractivity contribution is 5.96. The number of aromatic hydroxyl groups is 1. The van der Waals surface area contributed by atoms with Crippen LogP contribution in [-0.2, 0) is 16.1 Å². The van der Waals surface area contributed by atoms with Gasteiger partial charge < -0.3 is 14.7 Å². The summed E-state index contributed by atoms with van der Waals surface area (Å²) in [5.41, 5.74) is 3.74. The van der Waals surface area contributed by atoms with Gasteiger partial charge in [-0.25, -0.2) is 0 Å². The van der Waals surface area contributed by atoms with Crippen molar-refractivity contribution >= 4 is 11.9 Å². The first-order valence-electron chi connectivity index (χ1n) is 13.6. The normalized spacial score (nSPS) is 18.9. The molecule has 206 valence electrons. The van der Waals surface area contributed by atoms with Crippen molar-refractivity contribution in [2.75, 3.05) is 33.3 Å². The number of nitrogens with zero attached hydrogens (tertiary/aromatic N) is 3. The average Bonchev–Trinajstić information content (AvgIpc) is 2.92. The SMILES string of the molecule is CCOC(=O)CN(C)C(=O)c1cccc(C(c2cccc(O)c2)N2C[C@@H](C)N(Cc3ccccc3)C[C@H]2C)c1. The van der Waals surface area contributed by atoms with E-state index in [9.17, 15) is 14.7 Å². The molecular formula is C32H39N3O4. The van der Waals surface area contributed by atoms with Gasteiger partial charge in [-0.15, -0.1) is 0 Å². The van der Waals surface area contributed by atoms with Gasteiger partial charge in [-0.1, -0.05) is 54.6 Å². The van der Waals surface area contributed by atoms with E-state index in [1.165, 1.54) is 10.5 Å². The van der Waals surface area contributed by atoms with Gasteiger partial charge in [0.05, 0.1) is 12.6 Å². The van der Waals surface area contributed by atoms with Gasteiger partial charge in [0.1, 0.15) is 12.3 Å². The average molecular weight is 530 g/mol. The first-order chi connectivity index (χ1) is 18.8. The number of hydrogen-bond acceptors (Lipinski definition) is 6. The molecule has 39 heavy (non-hydrogen) atoms. The standard InChI is InChI=1S/C32H39N3O4/c1-5-39-30(37)22-33(4)32(38)28-15-9-13-26(17-28)31(27-14-10-16-29(36)18-27)35-20-23(2)34(19-24(35)3)21-25-11-7-6-8-12-25/h6-18,23-24,31,36H,5,19-22H2,1-4H3/t23-,24-,31?/m1/s1. The fourth-order valence-electron chi connectivity index (χ4n) is 5.43. The molecule has 0 aliphatic carbocycles. The summed E-state index contributed by atoms with van der Waals surface area (Å²) in [5, 5.41) is 10.3. The number of ether oxygens (including phenoxy) is 1. The minimum absolute atomic E-state index is 0.106. The summed E-state index contributed by atoms with van der Waals surface area (Å²) in [5.74, 6) is -0.464. The van der Waals surface area contributed by atoms with Gasteiger partial charge in [-0.3, -0.25) is 19.4 Å². The third-order valence-corrected chi connectivity index (χ3v) is 7.38. The first-order valence-corrected chi connectivity index (χ1v) is 13.6. The van der Waals surface area contributed by atoms with E-state index in [1.807, 2.05) is 36.4 Å². The van der Waals surface area contributed by atoms with Crippen LogP contribution in [0, 0.1) is 0 Å². The van der Waals surface area contributed by atoms with E-state index < -0.39 is 5.97 Å². The molecule has 7 nitrogen and oxygen atoms in total. The molecule has 3 aromatic carbocycles. The first kappa shape index (κ1) is 28.3. The number of hydrogen-bond donors (Lipinski definition) is 1. The van der Waals surface area contributed by atoms with Crippen molar-refractivity contribution < 1.29 is 19.4 Å². The second kappa shape index (κ2) is 12.9. The lowest BCUT2D eigenvalue weighted by molar-refractivity contribution is -0.143. The van der Waals surface area contributed by atoms with Crippen LogP contribution in [-0.4, -0.2) is 77.1 Å². The molecule has 1 fully saturated rings. The highest BCUT2D eigenvalue weighted by Crippen LogP contribution is 2.35. The Morgan fingerprint density at radius 2 is 1.64 bits per heavy atom. The molecular weight excluding hydrogens is 490 g/mol. The minimum atomic E-state index is -0.432. The molecule has 1 amide bonds. The lowest BCUT2D eigenvalue weighted by Crippen LogP contribution is -2.56. The second-order valence-corrected chi connectivity index (χ2v) is 10.4. The Morgan fingerprint density at radius 1 is 0.949 bits per heavy atom. The molecule has 3 aromatic rings. The van der Waals surface area contributed by atoms with Crippen molar-refractivity contribution in [2.24, 2.45) is 0 Å². The lowest BCUT2D eigenvalue weighted by atomic mass is 9.92. The Labute approximate surface area is 231 Å². The predicted octanol–water partition coefficient (Wildman–Crippen LogP) is 4.71. The van der Waals surface area contributed by atoms with Crippen LogP contribution in [0.2, 0.25) is 0 Å². The van der Waals surface area contributed by atoms with Crippen LogP contribution in [0.3, 0.4) is 0 Å². The number of benzene rings is 3. The maximum Gasteiger partial charge on any atom is 0.325 e. The molecule has 7 heteroatoms. The van der Waals surface area contributed by atoms with Crippen LogP contribution >= 0.6 is 0 Å². The van der Waals surface area contributed by atoms with E-state index in [0.29, 0.717) is 11.6 Å². The number of rotatable bonds is 9. The largest absolute Gasteiger partial charge is 0.508 e. The van der Waals surface area contributed by atoms with Gasteiger partial charge in [-0.2, -0.15) is 0 Å². The Kier molecular flexibility index (Phi) is 9.38. The third-order valence-electron chi connectivity index (χ3n) is 7.38. The van der Waals surface area contributed by atoms with E-state index in [4.69, 9.17) is 4.74 Å². The summed E-state index contributed by atoms with van der Waals surface area (Å²) in [7, 11) is 1.61. The Morgan fingerprint density at radius 3 is 2.33 bits per heavy atom. The number of phenols is 1. The molecule has 4 rings (SSSR count). The zero-order valence-electron chi connectivity index (χ0n) is 23.3. The van der Waals surface area contributed by atoms with Gasteiger partial charge >= 0.3 is 5.97 Å². The molecule has 0 spiro atoms. The van der Waals surface area contributed by atoms with E-state index in [0.717, 1.165) is 30.8 Å². The molecule has 1 heterocycles. The summed E-state index contributed by atoms with van der Waals surface area (Å²) in [6.07, 6.45) is 0. The van der Waals surface area contributed by atoms with E-state index in [1.54, 1.807) is 32.2 Å². The molecule has 0 radical (unpaired) electrons. The molecule has 3 atom stereocenters. The third kappa shape index (κ3) is 7.05. The second-order valence-electron chi connectivity index (χ2n) is 10.4. The van der Waals surface area contributed by atoms with Crippen LogP contribution in [0.25, 0.3) is 0 Å². The molecule has 1 N–H and O–H groups in total. The van der Waals surface area contributed by atoms with Gasteiger partial charge in [0.15, 0.2) is 0 Å². The topological polar surface area (TPSA) is 73.3 Å². The monoisotopic (exact) mass is 529 g/mol. The van der Waals surface area contributed by atoms with Crippen LogP contribution < -0.4 is 0 Å². The number of amides is 1. The number of piperazine rings is 1. The molecule has 0 aromatic heterocycles. The maximum atomic E-state index is 13.2. The summed E-state index contributed by atoms with van der Waals surface area (Å²) in [6, 6.07) is 25.9. The quantitative estimate of drug-likeness (QED) is 0.405. The number of phenolic OH excluding ortho intramolecular Hbond substituents is 1. The van der Waals surface area contributed by atoms with E-state index >= 15 is 0 Å².